The number of anilines is 1. The highest BCUT2D eigenvalue weighted by Gasteiger charge is 2.10. The first kappa shape index (κ1) is 19.9. The summed E-state index contributed by atoms with van der Waals surface area (Å²) in [6.45, 7) is 5.91. The van der Waals surface area contributed by atoms with Crippen LogP contribution < -0.4 is 15.4 Å². The van der Waals surface area contributed by atoms with Crippen molar-refractivity contribution in [2.45, 2.75) is 20.8 Å². The van der Waals surface area contributed by atoms with E-state index in [1.54, 1.807) is 6.07 Å². The molecule has 0 aliphatic heterocycles. The van der Waals surface area contributed by atoms with Crippen molar-refractivity contribution in [1.82, 2.24) is 5.32 Å². The van der Waals surface area contributed by atoms with Crippen molar-refractivity contribution in [3.8, 4) is 5.75 Å². The Bertz CT molecular complexity index is 802. The van der Waals surface area contributed by atoms with Gasteiger partial charge in [0.2, 0.25) is 0 Å². The zero-order chi connectivity index (χ0) is 18.6. The average molecular weight is 486 g/mol. The highest BCUT2D eigenvalue weighted by atomic mass is 79.9. The molecule has 0 aliphatic rings. The second-order valence-corrected chi connectivity index (χ2v) is 7.82. The second-order valence-electron chi connectivity index (χ2n) is 5.64. The van der Waals surface area contributed by atoms with Crippen LogP contribution in [0, 0.1) is 20.8 Å². The summed E-state index contributed by atoms with van der Waals surface area (Å²) in [5.74, 6) is 0.261. The molecule has 0 heterocycles. The van der Waals surface area contributed by atoms with E-state index in [0.29, 0.717) is 5.75 Å². The van der Waals surface area contributed by atoms with Crippen molar-refractivity contribution in [1.29, 1.82) is 0 Å². The number of aryl methyl sites for hydroxylation is 3. The number of rotatable bonds is 4. The highest BCUT2D eigenvalue weighted by Crippen LogP contribution is 2.28. The summed E-state index contributed by atoms with van der Waals surface area (Å²) in [4.78, 5) is 12.0. The van der Waals surface area contributed by atoms with Crippen LogP contribution in [0.4, 0.5) is 5.69 Å². The summed E-state index contributed by atoms with van der Waals surface area (Å²) in [5, 5.41) is 5.96. The van der Waals surface area contributed by atoms with Gasteiger partial charge in [-0.05, 0) is 78.2 Å². The molecule has 0 aromatic heterocycles. The SMILES string of the molecule is Cc1cc(C)c(NC(=S)NC(=O)COc2ccc(Br)cc2Br)c(C)c1. The third kappa shape index (κ3) is 5.80. The topological polar surface area (TPSA) is 50.4 Å². The minimum absolute atomic E-state index is 0.131. The summed E-state index contributed by atoms with van der Waals surface area (Å²) in [5.41, 5.74) is 4.24. The molecule has 2 aromatic carbocycles. The highest BCUT2D eigenvalue weighted by molar-refractivity contribution is 9.11. The Kier molecular flexibility index (Phi) is 6.98. The van der Waals surface area contributed by atoms with E-state index in [-0.39, 0.29) is 17.6 Å². The number of carbonyl (C=O) groups is 1. The average Bonchev–Trinajstić information content (AvgIpc) is 2.50. The maximum Gasteiger partial charge on any atom is 0.264 e. The van der Waals surface area contributed by atoms with Crippen molar-refractivity contribution in [3.63, 3.8) is 0 Å². The predicted octanol–water partition coefficient (Wildman–Crippen LogP) is 5.03. The standard InChI is InChI=1S/C18H18Br2N2O2S/c1-10-6-11(2)17(12(3)7-10)22-18(25)21-16(23)9-24-15-5-4-13(19)8-14(15)20/h4-8H,9H2,1-3H3,(H2,21,22,23,25). The number of hydrogen-bond donors (Lipinski definition) is 2. The van der Waals surface area contributed by atoms with Gasteiger partial charge in [0.1, 0.15) is 5.75 Å². The molecule has 0 aliphatic carbocycles. The van der Waals surface area contributed by atoms with Crippen LogP contribution >= 0.6 is 44.1 Å². The normalized spacial score (nSPS) is 10.3. The van der Waals surface area contributed by atoms with E-state index in [1.165, 1.54) is 5.56 Å². The van der Waals surface area contributed by atoms with Gasteiger partial charge in [-0.3, -0.25) is 10.1 Å². The van der Waals surface area contributed by atoms with Crippen LogP contribution in [0.15, 0.2) is 39.3 Å². The molecule has 1 amide bonds. The molecular formula is C18H18Br2N2O2S. The Morgan fingerprint density at radius 1 is 1.12 bits per heavy atom. The summed E-state index contributed by atoms with van der Waals surface area (Å²) in [7, 11) is 0. The van der Waals surface area contributed by atoms with Crippen molar-refractivity contribution in [3.05, 3.63) is 56.0 Å². The molecule has 2 rings (SSSR count). The van der Waals surface area contributed by atoms with Gasteiger partial charge >= 0.3 is 0 Å². The van der Waals surface area contributed by atoms with Crippen LogP contribution in [-0.4, -0.2) is 17.6 Å². The summed E-state index contributed by atoms with van der Waals surface area (Å²) < 4.78 is 7.19. The summed E-state index contributed by atoms with van der Waals surface area (Å²) >= 11 is 12.0. The fourth-order valence-electron chi connectivity index (χ4n) is 2.42. The molecule has 0 spiro atoms. The quantitative estimate of drug-likeness (QED) is 0.596. The number of hydrogen-bond acceptors (Lipinski definition) is 3. The van der Waals surface area contributed by atoms with Gasteiger partial charge in [0.05, 0.1) is 4.47 Å². The largest absolute Gasteiger partial charge is 0.483 e. The van der Waals surface area contributed by atoms with Crippen molar-refractivity contribution >= 4 is 60.8 Å². The lowest BCUT2D eigenvalue weighted by molar-refractivity contribution is -0.121. The number of ether oxygens (including phenoxy) is 1. The zero-order valence-electron chi connectivity index (χ0n) is 14.1. The van der Waals surface area contributed by atoms with Crippen LogP contribution in [0.5, 0.6) is 5.75 Å². The lowest BCUT2D eigenvalue weighted by atomic mass is 10.1. The van der Waals surface area contributed by atoms with Gasteiger partial charge in [-0.1, -0.05) is 33.6 Å². The van der Waals surface area contributed by atoms with E-state index in [9.17, 15) is 4.79 Å². The molecule has 25 heavy (non-hydrogen) atoms. The molecule has 0 radical (unpaired) electrons. The predicted molar refractivity (Wildman–Crippen MR) is 112 cm³/mol. The lowest BCUT2D eigenvalue weighted by Crippen LogP contribution is -2.37. The second kappa shape index (κ2) is 8.78. The van der Waals surface area contributed by atoms with Crippen molar-refractivity contribution < 1.29 is 9.53 Å². The van der Waals surface area contributed by atoms with Gasteiger partial charge in [-0.25, -0.2) is 0 Å². The molecule has 0 saturated carbocycles. The minimum atomic E-state index is -0.324. The van der Waals surface area contributed by atoms with E-state index >= 15 is 0 Å². The number of thiocarbonyl (C=S) groups is 1. The molecule has 7 heteroatoms. The Labute approximate surface area is 169 Å². The monoisotopic (exact) mass is 484 g/mol. The number of benzene rings is 2. The fourth-order valence-corrected chi connectivity index (χ4v) is 3.80. The van der Waals surface area contributed by atoms with Crippen LogP contribution in [0.2, 0.25) is 0 Å². The first-order valence-electron chi connectivity index (χ1n) is 7.53. The molecule has 0 fully saturated rings. The van der Waals surface area contributed by atoms with E-state index in [4.69, 9.17) is 17.0 Å². The van der Waals surface area contributed by atoms with E-state index in [1.807, 2.05) is 32.9 Å². The number of amides is 1. The molecule has 0 unspecified atom stereocenters. The smallest absolute Gasteiger partial charge is 0.264 e. The maximum absolute atomic E-state index is 12.0. The number of halogens is 2. The first-order valence-corrected chi connectivity index (χ1v) is 9.52. The Morgan fingerprint density at radius 2 is 1.76 bits per heavy atom. The molecule has 0 atom stereocenters. The van der Waals surface area contributed by atoms with Gasteiger partial charge < -0.3 is 10.1 Å². The molecule has 2 N–H and O–H groups in total. The van der Waals surface area contributed by atoms with E-state index in [2.05, 4.69) is 54.6 Å². The van der Waals surface area contributed by atoms with Crippen molar-refractivity contribution in [2.24, 2.45) is 0 Å². The van der Waals surface area contributed by atoms with Gasteiger partial charge in [0.25, 0.3) is 5.91 Å². The fraction of sp³-hybridized carbons (Fsp3) is 0.222. The van der Waals surface area contributed by atoms with Gasteiger partial charge in [-0.15, -0.1) is 0 Å². The number of carbonyl (C=O) groups excluding carboxylic acids is 1. The van der Waals surface area contributed by atoms with Crippen molar-refractivity contribution in [2.75, 3.05) is 11.9 Å². The lowest BCUT2D eigenvalue weighted by Gasteiger charge is -2.15. The van der Waals surface area contributed by atoms with E-state index < -0.39 is 0 Å². The van der Waals surface area contributed by atoms with Gasteiger partial charge in [0.15, 0.2) is 11.7 Å². The Hall–Kier alpha value is -1.44. The van der Waals surface area contributed by atoms with Crippen LogP contribution in [0.25, 0.3) is 0 Å². The van der Waals surface area contributed by atoms with Crippen LogP contribution in [0.1, 0.15) is 16.7 Å². The van der Waals surface area contributed by atoms with Gasteiger partial charge in [-0.2, -0.15) is 0 Å². The molecular weight excluding hydrogens is 468 g/mol. The molecule has 0 bridgehead atoms. The maximum atomic E-state index is 12.0. The Balaban J connectivity index is 1.91. The zero-order valence-corrected chi connectivity index (χ0v) is 18.1. The Morgan fingerprint density at radius 3 is 2.36 bits per heavy atom. The third-order valence-corrected chi connectivity index (χ3v) is 4.74. The minimum Gasteiger partial charge on any atom is -0.483 e. The first-order chi connectivity index (χ1) is 11.8. The third-order valence-electron chi connectivity index (χ3n) is 3.42. The van der Waals surface area contributed by atoms with Gasteiger partial charge in [0, 0.05) is 10.2 Å². The molecule has 2 aromatic rings. The summed E-state index contributed by atoms with van der Waals surface area (Å²) in [6, 6.07) is 9.59. The molecule has 4 nitrogen and oxygen atoms in total. The number of nitrogens with one attached hydrogen (secondary N) is 2. The van der Waals surface area contributed by atoms with Crippen LogP contribution in [0.3, 0.4) is 0 Å². The van der Waals surface area contributed by atoms with Crippen LogP contribution in [-0.2, 0) is 4.79 Å². The van der Waals surface area contributed by atoms with E-state index in [0.717, 1.165) is 25.8 Å². The molecule has 132 valence electrons. The summed E-state index contributed by atoms with van der Waals surface area (Å²) in [6.07, 6.45) is 0. The molecule has 0 saturated heterocycles.